The van der Waals surface area contributed by atoms with Crippen molar-refractivity contribution in [2.75, 3.05) is 19.8 Å². The fourth-order valence-electron chi connectivity index (χ4n) is 0.901. The van der Waals surface area contributed by atoms with Crippen LogP contribution in [0, 0.1) is 0 Å². The SMILES string of the molecule is CCOCCNC(=O)c1cnc(Cl)cn1. The third-order valence-electron chi connectivity index (χ3n) is 1.59. The molecule has 0 aromatic carbocycles. The minimum Gasteiger partial charge on any atom is -0.380 e. The molecule has 0 saturated carbocycles. The Hall–Kier alpha value is -1.20. The minimum absolute atomic E-state index is 0.246. The number of rotatable bonds is 5. The number of hydrogen-bond donors (Lipinski definition) is 1. The average molecular weight is 230 g/mol. The number of carbonyl (C=O) groups is 1. The van der Waals surface area contributed by atoms with E-state index in [1.165, 1.54) is 12.4 Å². The number of nitrogens with one attached hydrogen (secondary N) is 1. The van der Waals surface area contributed by atoms with Crippen molar-refractivity contribution in [1.82, 2.24) is 15.3 Å². The Kier molecular flexibility index (Phi) is 5.00. The molecule has 82 valence electrons. The molecule has 0 aliphatic carbocycles. The maximum atomic E-state index is 11.4. The van der Waals surface area contributed by atoms with Crippen LogP contribution in [0.25, 0.3) is 0 Å². The molecule has 1 N–H and O–H groups in total. The van der Waals surface area contributed by atoms with E-state index in [0.29, 0.717) is 19.8 Å². The minimum atomic E-state index is -0.279. The molecule has 0 aliphatic heterocycles. The van der Waals surface area contributed by atoms with Crippen LogP contribution in [-0.4, -0.2) is 35.6 Å². The van der Waals surface area contributed by atoms with Gasteiger partial charge in [-0.1, -0.05) is 11.6 Å². The van der Waals surface area contributed by atoms with Crippen LogP contribution >= 0.6 is 11.6 Å². The molecule has 1 aromatic rings. The molecule has 1 rings (SSSR count). The van der Waals surface area contributed by atoms with Crippen LogP contribution in [0.2, 0.25) is 5.15 Å². The monoisotopic (exact) mass is 229 g/mol. The van der Waals surface area contributed by atoms with E-state index < -0.39 is 0 Å². The maximum Gasteiger partial charge on any atom is 0.271 e. The summed E-state index contributed by atoms with van der Waals surface area (Å²) in [7, 11) is 0. The van der Waals surface area contributed by atoms with Crippen molar-refractivity contribution >= 4 is 17.5 Å². The Morgan fingerprint density at radius 3 is 2.93 bits per heavy atom. The predicted molar refractivity (Wildman–Crippen MR) is 55.9 cm³/mol. The van der Waals surface area contributed by atoms with Gasteiger partial charge in [0.2, 0.25) is 0 Å². The van der Waals surface area contributed by atoms with Crippen molar-refractivity contribution in [2.45, 2.75) is 6.92 Å². The first-order valence-corrected chi connectivity index (χ1v) is 4.95. The van der Waals surface area contributed by atoms with E-state index in [0.717, 1.165) is 0 Å². The summed E-state index contributed by atoms with van der Waals surface area (Å²) in [5, 5.41) is 2.91. The van der Waals surface area contributed by atoms with E-state index in [-0.39, 0.29) is 16.8 Å². The highest BCUT2D eigenvalue weighted by Crippen LogP contribution is 2.00. The van der Waals surface area contributed by atoms with Gasteiger partial charge in [-0.15, -0.1) is 0 Å². The van der Waals surface area contributed by atoms with Crippen molar-refractivity contribution in [1.29, 1.82) is 0 Å². The van der Waals surface area contributed by atoms with Gasteiger partial charge in [0.1, 0.15) is 10.8 Å². The zero-order chi connectivity index (χ0) is 11.1. The summed E-state index contributed by atoms with van der Waals surface area (Å²) in [4.78, 5) is 19.0. The van der Waals surface area contributed by atoms with Crippen LogP contribution in [0.3, 0.4) is 0 Å². The number of ether oxygens (including phenoxy) is 1. The fourth-order valence-corrected chi connectivity index (χ4v) is 0.999. The lowest BCUT2D eigenvalue weighted by molar-refractivity contribution is 0.0917. The standard InChI is InChI=1S/C9H12ClN3O2/c1-2-15-4-3-11-9(14)7-5-13-8(10)6-12-7/h5-6H,2-4H2,1H3,(H,11,14). The summed E-state index contributed by atoms with van der Waals surface area (Å²) in [6.07, 6.45) is 2.66. The highest BCUT2D eigenvalue weighted by atomic mass is 35.5. The number of carbonyl (C=O) groups excluding carboxylic acids is 1. The van der Waals surface area contributed by atoms with Crippen molar-refractivity contribution in [3.63, 3.8) is 0 Å². The second-order valence-electron chi connectivity index (χ2n) is 2.68. The Labute approximate surface area is 92.8 Å². The van der Waals surface area contributed by atoms with Crippen LogP contribution in [0.15, 0.2) is 12.4 Å². The van der Waals surface area contributed by atoms with Gasteiger partial charge in [-0.3, -0.25) is 4.79 Å². The number of aromatic nitrogens is 2. The number of halogens is 1. The molecular weight excluding hydrogens is 218 g/mol. The summed E-state index contributed by atoms with van der Waals surface area (Å²) in [6.45, 7) is 3.48. The molecule has 0 radical (unpaired) electrons. The average Bonchev–Trinajstić information content (AvgIpc) is 2.25. The Morgan fingerprint density at radius 1 is 1.53 bits per heavy atom. The smallest absolute Gasteiger partial charge is 0.271 e. The lowest BCUT2D eigenvalue weighted by atomic mass is 10.4. The Balaban J connectivity index is 2.37. The van der Waals surface area contributed by atoms with Crippen LogP contribution in [0.4, 0.5) is 0 Å². The van der Waals surface area contributed by atoms with Crippen molar-refractivity contribution in [3.05, 3.63) is 23.2 Å². The molecule has 0 bridgehead atoms. The molecule has 6 heteroatoms. The molecule has 0 fully saturated rings. The van der Waals surface area contributed by atoms with E-state index in [9.17, 15) is 4.79 Å². The van der Waals surface area contributed by atoms with Crippen LogP contribution in [0.1, 0.15) is 17.4 Å². The zero-order valence-corrected chi connectivity index (χ0v) is 9.12. The Morgan fingerprint density at radius 2 is 2.33 bits per heavy atom. The van der Waals surface area contributed by atoms with E-state index in [1.54, 1.807) is 0 Å². The van der Waals surface area contributed by atoms with Gasteiger partial charge < -0.3 is 10.1 Å². The lowest BCUT2D eigenvalue weighted by Gasteiger charge is -2.03. The molecule has 0 aliphatic rings. The van der Waals surface area contributed by atoms with Crippen molar-refractivity contribution in [2.24, 2.45) is 0 Å². The Bertz CT molecular complexity index is 316. The zero-order valence-electron chi connectivity index (χ0n) is 8.36. The van der Waals surface area contributed by atoms with Crippen LogP contribution < -0.4 is 5.32 Å². The molecule has 1 amide bonds. The van der Waals surface area contributed by atoms with Crippen molar-refractivity contribution < 1.29 is 9.53 Å². The first kappa shape index (κ1) is 11.9. The molecule has 0 saturated heterocycles. The van der Waals surface area contributed by atoms with E-state index in [2.05, 4.69) is 15.3 Å². The summed E-state index contributed by atoms with van der Waals surface area (Å²) >= 11 is 5.54. The number of amides is 1. The van der Waals surface area contributed by atoms with Gasteiger partial charge in [-0.2, -0.15) is 0 Å². The van der Waals surface area contributed by atoms with Crippen molar-refractivity contribution in [3.8, 4) is 0 Å². The first-order valence-electron chi connectivity index (χ1n) is 4.57. The molecule has 1 heterocycles. The molecular formula is C9H12ClN3O2. The summed E-state index contributed by atoms with van der Waals surface area (Å²) < 4.78 is 5.07. The van der Waals surface area contributed by atoms with Gasteiger partial charge in [0.25, 0.3) is 5.91 Å². The summed E-state index contributed by atoms with van der Waals surface area (Å²) in [5.74, 6) is -0.279. The van der Waals surface area contributed by atoms with Crippen LogP contribution in [-0.2, 0) is 4.74 Å². The van der Waals surface area contributed by atoms with Crippen LogP contribution in [0.5, 0.6) is 0 Å². The summed E-state index contributed by atoms with van der Waals surface area (Å²) in [5.41, 5.74) is 0.246. The van der Waals surface area contributed by atoms with E-state index in [1.807, 2.05) is 6.92 Å². The molecule has 1 aromatic heterocycles. The van der Waals surface area contributed by atoms with E-state index >= 15 is 0 Å². The third-order valence-corrected chi connectivity index (χ3v) is 1.78. The second kappa shape index (κ2) is 6.31. The van der Waals surface area contributed by atoms with Gasteiger partial charge in [-0.05, 0) is 6.92 Å². The molecule has 0 atom stereocenters. The fraction of sp³-hybridized carbons (Fsp3) is 0.444. The quantitative estimate of drug-likeness (QED) is 0.762. The summed E-state index contributed by atoms with van der Waals surface area (Å²) in [6, 6.07) is 0. The molecule has 0 unspecified atom stereocenters. The van der Waals surface area contributed by atoms with Gasteiger partial charge in [0.15, 0.2) is 0 Å². The molecule has 0 spiro atoms. The highest BCUT2D eigenvalue weighted by Gasteiger charge is 2.06. The third kappa shape index (κ3) is 4.22. The first-order chi connectivity index (χ1) is 7.24. The molecule has 5 nitrogen and oxygen atoms in total. The van der Waals surface area contributed by atoms with Gasteiger partial charge in [0, 0.05) is 13.2 Å². The lowest BCUT2D eigenvalue weighted by Crippen LogP contribution is -2.28. The largest absolute Gasteiger partial charge is 0.380 e. The molecule has 15 heavy (non-hydrogen) atoms. The normalized spacial score (nSPS) is 10.0. The van der Waals surface area contributed by atoms with E-state index in [4.69, 9.17) is 16.3 Å². The predicted octanol–water partition coefficient (Wildman–Crippen LogP) is 0.896. The van der Waals surface area contributed by atoms with Gasteiger partial charge in [-0.25, -0.2) is 9.97 Å². The number of nitrogens with zero attached hydrogens (tertiary/aromatic N) is 2. The maximum absolute atomic E-state index is 11.4. The number of hydrogen-bond acceptors (Lipinski definition) is 4. The topological polar surface area (TPSA) is 64.1 Å². The van der Waals surface area contributed by atoms with Gasteiger partial charge >= 0.3 is 0 Å². The second-order valence-corrected chi connectivity index (χ2v) is 3.06. The highest BCUT2D eigenvalue weighted by molar-refractivity contribution is 6.29. The van der Waals surface area contributed by atoms with Gasteiger partial charge in [0.05, 0.1) is 19.0 Å².